The number of anilines is 4. The molecular weight excluding hydrogens is 408 g/mol. The molecule has 1 atom stereocenters. The molecule has 4 heterocycles. The second kappa shape index (κ2) is 7.70. The maximum absolute atomic E-state index is 12.9. The lowest BCUT2D eigenvalue weighted by molar-refractivity contribution is -0.117. The van der Waals surface area contributed by atoms with Crippen LogP contribution in [0.2, 0.25) is 0 Å². The molecule has 32 heavy (non-hydrogen) atoms. The number of aromatic nitrogens is 5. The standard InChI is InChI=1S/C22H24N8O2/c1-4-18(31)14-10-24-19(27-22(32)13-5-6-13)9-15(14)26-21-20-16(7-8-23-21)30-17(11-25-28-30)12(2)29(20)3/h7-13H,4-6H2,1-3H3,(H2,23,24,26,27,32)/t12-/m1/s1/i1D3. The van der Waals surface area contributed by atoms with Crippen molar-refractivity contribution in [3.8, 4) is 5.69 Å². The Morgan fingerprint density at radius 2 is 2.12 bits per heavy atom. The van der Waals surface area contributed by atoms with Crippen LogP contribution < -0.4 is 15.5 Å². The van der Waals surface area contributed by atoms with Crippen LogP contribution in [0.15, 0.2) is 30.7 Å². The summed E-state index contributed by atoms with van der Waals surface area (Å²) in [4.78, 5) is 35.8. The quantitative estimate of drug-likeness (QED) is 0.567. The minimum atomic E-state index is -2.43. The predicted molar refractivity (Wildman–Crippen MR) is 119 cm³/mol. The van der Waals surface area contributed by atoms with E-state index in [2.05, 4.69) is 30.9 Å². The number of nitrogens with one attached hydrogen (secondary N) is 2. The zero-order valence-corrected chi connectivity index (χ0v) is 17.7. The smallest absolute Gasteiger partial charge is 0.228 e. The lowest BCUT2D eigenvalue weighted by atomic mass is 10.1. The van der Waals surface area contributed by atoms with Gasteiger partial charge < -0.3 is 15.5 Å². The molecule has 0 bridgehead atoms. The van der Waals surface area contributed by atoms with Crippen molar-refractivity contribution < 1.29 is 13.7 Å². The van der Waals surface area contributed by atoms with Crippen molar-refractivity contribution in [1.29, 1.82) is 0 Å². The SMILES string of the molecule is [2H]C([2H])([2H])CC(=O)c1cnc(NC(=O)C2CC2)cc1Nc1nccc2c1N(C)[C@H](C)c1cnnn1-2. The topological polar surface area (TPSA) is 118 Å². The number of carbonyl (C=O) groups excluding carboxylic acids is 2. The first-order chi connectivity index (χ1) is 16.6. The first kappa shape index (κ1) is 16.8. The Morgan fingerprint density at radius 1 is 1.28 bits per heavy atom. The van der Waals surface area contributed by atoms with Gasteiger partial charge in [-0.05, 0) is 25.8 Å². The van der Waals surface area contributed by atoms with E-state index in [1.807, 2.05) is 24.9 Å². The Bertz CT molecular complexity index is 1320. The highest BCUT2D eigenvalue weighted by atomic mass is 16.2. The van der Waals surface area contributed by atoms with Gasteiger partial charge in [0.05, 0.1) is 34.9 Å². The number of pyridine rings is 2. The van der Waals surface area contributed by atoms with E-state index in [1.54, 1.807) is 17.1 Å². The fourth-order valence-electron chi connectivity index (χ4n) is 3.81. The van der Waals surface area contributed by atoms with Crippen LogP contribution >= 0.6 is 0 Å². The molecule has 10 heteroatoms. The third-order valence-electron chi connectivity index (χ3n) is 5.89. The van der Waals surface area contributed by atoms with E-state index in [0.717, 1.165) is 29.9 Å². The second-order valence-electron chi connectivity index (χ2n) is 7.99. The summed E-state index contributed by atoms with van der Waals surface area (Å²) in [7, 11) is 1.92. The highest BCUT2D eigenvalue weighted by molar-refractivity contribution is 6.03. The van der Waals surface area contributed by atoms with Gasteiger partial charge in [0.2, 0.25) is 5.91 Å². The number of hydrogen-bond acceptors (Lipinski definition) is 8. The Labute approximate surface area is 189 Å². The third kappa shape index (κ3) is 3.37. The van der Waals surface area contributed by atoms with Gasteiger partial charge in [-0.2, -0.15) is 0 Å². The molecular formula is C22H24N8O2. The summed E-state index contributed by atoms with van der Waals surface area (Å²) in [5.74, 6) is -0.0518. The van der Waals surface area contributed by atoms with Crippen LogP contribution in [0, 0.1) is 5.92 Å². The van der Waals surface area contributed by atoms with Crippen molar-refractivity contribution in [2.45, 2.75) is 39.1 Å². The summed E-state index contributed by atoms with van der Waals surface area (Å²) in [6.45, 7) is -0.422. The first-order valence-electron chi connectivity index (χ1n) is 11.9. The molecule has 2 N–H and O–H groups in total. The third-order valence-corrected chi connectivity index (χ3v) is 5.89. The lowest BCUT2D eigenvalue weighted by Gasteiger charge is -2.34. The number of nitrogens with zero attached hydrogens (tertiary/aromatic N) is 6. The number of rotatable bonds is 6. The number of fused-ring (bicyclic) bond motifs is 3. The van der Waals surface area contributed by atoms with Gasteiger partial charge in [0, 0.05) is 42.0 Å². The van der Waals surface area contributed by atoms with Crippen molar-refractivity contribution in [2.75, 3.05) is 22.6 Å². The average Bonchev–Trinajstić information content (AvgIpc) is 3.53. The zero-order chi connectivity index (χ0) is 24.9. The van der Waals surface area contributed by atoms with E-state index < -0.39 is 19.1 Å². The Balaban J connectivity index is 1.55. The molecule has 1 aliphatic carbocycles. The van der Waals surface area contributed by atoms with Gasteiger partial charge >= 0.3 is 0 Å². The van der Waals surface area contributed by atoms with Crippen molar-refractivity contribution in [3.63, 3.8) is 0 Å². The van der Waals surface area contributed by atoms with E-state index in [4.69, 9.17) is 4.11 Å². The van der Waals surface area contributed by atoms with Gasteiger partial charge in [-0.15, -0.1) is 5.10 Å². The Morgan fingerprint density at radius 3 is 2.91 bits per heavy atom. The number of carbonyl (C=O) groups is 2. The van der Waals surface area contributed by atoms with Crippen LogP contribution in [-0.4, -0.2) is 43.7 Å². The van der Waals surface area contributed by atoms with Gasteiger partial charge in [-0.3, -0.25) is 9.59 Å². The predicted octanol–water partition coefficient (Wildman–Crippen LogP) is 3.25. The molecule has 5 rings (SSSR count). The summed E-state index contributed by atoms with van der Waals surface area (Å²) >= 11 is 0. The first-order valence-corrected chi connectivity index (χ1v) is 10.4. The molecule has 0 saturated heterocycles. The average molecular weight is 436 g/mol. The summed E-state index contributed by atoms with van der Waals surface area (Å²) in [5.41, 5.74) is 2.79. The molecule has 0 unspecified atom stereocenters. The number of ketones is 1. The van der Waals surface area contributed by atoms with Gasteiger partial charge in [-0.1, -0.05) is 12.1 Å². The maximum atomic E-state index is 12.9. The fourth-order valence-corrected chi connectivity index (χ4v) is 3.81. The van der Waals surface area contributed by atoms with E-state index in [-0.39, 0.29) is 29.2 Å². The molecule has 0 aromatic carbocycles. The molecule has 164 valence electrons. The summed E-state index contributed by atoms with van der Waals surface area (Å²) < 4.78 is 24.2. The van der Waals surface area contributed by atoms with E-state index in [1.165, 1.54) is 12.3 Å². The molecule has 0 spiro atoms. The van der Waals surface area contributed by atoms with E-state index in [9.17, 15) is 9.59 Å². The van der Waals surface area contributed by atoms with Crippen LogP contribution in [-0.2, 0) is 4.79 Å². The van der Waals surface area contributed by atoms with Crippen molar-refractivity contribution in [3.05, 3.63) is 42.0 Å². The molecule has 1 aliphatic heterocycles. The minimum Gasteiger partial charge on any atom is -0.361 e. The molecule has 1 saturated carbocycles. The van der Waals surface area contributed by atoms with Crippen LogP contribution in [0.3, 0.4) is 0 Å². The summed E-state index contributed by atoms with van der Waals surface area (Å²) in [5, 5.41) is 14.2. The molecule has 3 aromatic heterocycles. The van der Waals surface area contributed by atoms with E-state index >= 15 is 0 Å². The largest absolute Gasteiger partial charge is 0.361 e. The summed E-state index contributed by atoms with van der Waals surface area (Å²) in [6, 6.07) is 3.29. The van der Waals surface area contributed by atoms with Crippen LogP contribution in [0.5, 0.6) is 0 Å². The highest BCUT2D eigenvalue weighted by Crippen LogP contribution is 2.41. The van der Waals surface area contributed by atoms with Crippen LogP contribution in [0.25, 0.3) is 5.69 Å². The molecule has 1 amide bonds. The molecule has 10 nitrogen and oxygen atoms in total. The van der Waals surface area contributed by atoms with Crippen molar-refractivity contribution in [2.24, 2.45) is 5.92 Å². The second-order valence-corrected chi connectivity index (χ2v) is 7.99. The summed E-state index contributed by atoms with van der Waals surface area (Å²) in [6.07, 6.45) is 5.63. The monoisotopic (exact) mass is 435 g/mol. The Kier molecular flexibility index (Phi) is 4.05. The fraction of sp³-hybridized carbons (Fsp3) is 0.364. The number of Topliss-reactive ketones (excluding diaryl/α,β-unsaturated/α-hetero) is 1. The Hall–Kier alpha value is -3.82. The van der Waals surface area contributed by atoms with Gasteiger partial charge in [0.25, 0.3) is 0 Å². The van der Waals surface area contributed by atoms with Crippen LogP contribution in [0.1, 0.15) is 59.2 Å². The molecule has 3 aromatic rings. The number of hydrogen-bond donors (Lipinski definition) is 2. The van der Waals surface area contributed by atoms with E-state index in [0.29, 0.717) is 11.5 Å². The van der Waals surface area contributed by atoms with Crippen molar-refractivity contribution >= 4 is 34.7 Å². The van der Waals surface area contributed by atoms with Gasteiger partial charge in [0.1, 0.15) is 11.5 Å². The van der Waals surface area contributed by atoms with Crippen LogP contribution in [0.4, 0.5) is 23.0 Å². The molecule has 1 fully saturated rings. The number of amides is 1. The van der Waals surface area contributed by atoms with Gasteiger partial charge in [0.15, 0.2) is 11.6 Å². The van der Waals surface area contributed by atoms with Gasteiger partial charge in [-0.25, -0.2) is 14.6 Å². The molecule has 0 radical (unpaired) electrons. The maximum Gasteiger partial charge on any atom is 0.228 e. The molecule has 2 aliphatic rings. The highest BCUT2D eigenvalue weighted by Gasteiger charge is 2.31. The van der Waals surface area contributed by atoms with Crippen molar-refractivity contribution in [1.82, 2.24) is 25.0 Å². The minimum absolute atomic E-state index is 0.0279. The normalized spacial score (nSPS) is 18.6. The zero-order valence-electron chi connectivity index (χ0n) is 20.7. The lowest BCUT2D eigenvalue weighted by Crippen LogP contribution is -2.30.